The lowest BCUT2D eigenvalue weighted by molar-refractivity contribution is 0.617. The number of nitrogen functional groups attached to an aromatic ring is 1. The molecule has 4 heteroatoms. The number of imidazole rings is 1. The summed E-state index contributed by atoms with van der Waals surface area (Å²) >= 11 is 0. The number of pyridine rings is 1. The number of benzene rings is 1. The van der Waals surface area contributed by atoms with Gasteiger partial charge >= 0.3 is 0 Å². The van der Waals surface area contributed by atoms with Gasteiger partial charge in [0.1, 0.15) is 29.0 Å². The summed E-state index contributed by atoms with van der Waals surface area (Å²) in [7, 11) is 0. The summed E-state index contributed by atoms with van der Waals surface area (Å²) in [5.74, 6) is 0.634. The van der Waals surface area contributed by atoms with Crippen LogP contribution < -0.4 is 5.73 Å². The Bertz CT molecular complexity index is 933. The van der Waals surface area contributed by atoms with E-state index in [-0.39, 0.29) is 0 Å². The van der Waals surface area contributed by atoms with Crippen LogP contribution >= 0.6 is 0 Å². The molecule has 3 aromatic heterocycles. The molecule has 0 aliphatic carbocycles. The second-order valence-corrected chi connectivity index (χ2v) is 4.93. The first-order chi connectivity index (χ1) is 9.74. The van der Waals surface area contributed by atoms with Gasteiger partial charge in [0.2, 0.25) is 0 Å². The first-order valence-corrected chi connectivity index (χ1v) is 6.45. The van der Waals surface area contributed by atoms with Gasteiger partial charge in [0.15, 0.2) is 0 Å². The molecule has 0 fully saturated rings. The van der Waals surface area contributed by atoms with Gasteiger partial charge in [-0.2, -0.15) is 0 Å². The average Bonchev–Trinajstić information content (AvgIpc) is 3.01. The van der Waals surface area contributed by atoms with E-state index in [1.165, 1.54) is 0 Å². The monoisotopic (exact) mass is 263 g/mol. The van der Waals surface area contributed by atoms with Crippen molar-refractivity contribution in [1.29, 1.82) is 0 Å². The first kappa shape index (κ1) is 11.1. The second kappa shape index (κ2) is 3.87. The largest absolute Gasteiger partial charge is 0.464 e. The van der Waals surface area contributed by atoms with E-state index in [0.29, 0.717) is 5.82 Å². The normalized spacial score (nSPS) is 11.4. The van der Waals surface area contributed by atoms with E-state index in [0.717, 1.165) is 33.4 Å². The highest BCUT2D eigenvalue weighted by Crippen LogP contribution is 2.33. The molecule has 0 saturated heterocycles. The third-order valence-corrected chi connectivity index (χ3v) is 3.54. The number of aryl methyl sites for hydroxylation is 1. The number of fused-ring (bicyclic) bond motifs is 2. The Morgan fingerprint density at radius 3 is 2.90 bits per heavy atom. The lowest BCUT2D eigenvalue weighted by Crippen LogP contribution is -1.94. The predicted molar refractivity (Wildman–Crippen MR) is 79.5 cm³/mol. The van der Waals surface area contributed by atoms with Gasteiger partial charge in [0, 0.05) is 11.6 Å². The van der Waals surface area contributed by atoms with Gasteiger partial charge in [-0.05, 0) is 24.6 Å². The van der Waals surface area contributed by atoms with Crippen molar-refractivity contribution >= 4 is 22.4 Å². The third-order valence-electron chi connectivity index (χ3n) is 3.54. The Balaban J connectivity index is 2.05. The van der Waals surface area contributed by atoms with Crippen LogP contribution in [0.2, 0.25) is 0 Å². The number of hydrogen-bond acceptors (Lipinski definition) is 3. The molecule has 20 heavy (non-hydrogen) atoms. The van der Waals surface area contributed by atoms with Crippen molar-refractivity contribution in [3.63, 3.8) is 0 Å². The van der Waals surface area contributed by atoms with Crippen molar-refractivity contribution in [1.82, 2.24) is 9.38 Å². The molecule has 98 valence electrons. The number of nitrogens with two attached hydrogens (primary N) is 1. The fraction of sp³-hybridized carbons (Fsp3) is 0.0625. The molecular formula is C16H13N3O. The summed E-state index contributed by atoms with van der Waals surface area (Å²) < 4.78 is 7.48. The maximum absolute atomic E-state index is 6.25. The SMILES string of the molecule is Cc1ccc2nc(-c3coc4ccccc34)c(N)n2c1. The highest BCUT2D eigenvalue weighted by molar-refractivity contribution is 5.96. The highest BCUT2D eigenvalue weighted by Gasteiger charge is 2.15. The van der Waals surface area contributed by atoms with Crippen LogP contribution in [0.5, 0.6) is 0 Å². The molecule has 2 N–H and O–H groups in total. The van der Waals surface area contributed by atoms with E-state index in [4.69, 9.17) is 10.2 Å². The zero-order valence-electron chi connectivity index (χ0n) is 11.0. The summed E-state index contributed by atoms with van der Waals surface area (Å²) in [6.45, 7) is 2.03. The molecule has 0 unspecified atom stereocenters. The van der Waals surface area contributed by atoms with E-state index >= 15 is 0 Å². The van der Waals surface area contributed by atoms with E-state index in [1.807, 2.05) is 53.9 Å². The fourth-order valence-corrected chi connectivity index (χ4v) is 2.53. The van der Waals surface area contributed by atoms with Crippen molar-refractivity contribution in [2.45, 2.75) is 6.92 Å². The van der Waals surface area contributed by atoms with E-state index < -0.39 is 0 Å². The van der Waals surface area contributed by atoms with Gasteiger partial charge in [-0.1, -0.05) is 24.3 Å². The summed E-state index contributed by atoms with van der Waals surface area (Å²) in [4.78, 5) is 4.62. The van der Waals surface area contributed by atoms with Crippen molar-refractivity contribution in [3.8, 4) is 11.3 Å². The first-order valence-electron chi connectivity index (χ1n) is 6.45. The van der Waals surface area contributed by atoms with Gasteiger partial charge in [-0.25, -0.2) is 4.98 Å². The Hall–Kier alpha value is -2.75. The molecule has 0 spiro atoms. The minimum Gasteiger partial charge on any atom is -0.464 e. The molecule has 0 amide bonds. The number of para-hydroxylation sites is 1. The van der Waals surface area contributed by atoms with Gasteiger partial charge in [-0.3, -0.25) is 4.40 Å². The van der Waals surface area contributed by atoms with Crippen molar-refractivity contribution in [3.05, 3.63) is 54.4 Å². The molecule has 0 radical (unpaired) electrons. The predicted octanol–water partition coefficient (Wildman–Crippen LogP) is 3.64. The van der Waals surface area contributed by atoms with Gasteiger partial charge in [0.05, 0.1) is 5.56 Å². The topological polar surface area (TPSA) is 56.5 Å². The molecule has 0 atom stereocenters. The Kier molecular flexibility index (Phi) is 2.15. The van der Waals surface area contributed by atoms with Crippen molar-refractivity contribution in [2.24, 2.45) is 0 Å². The molecule has 0 aliphatic rings. The van der Waals surface area contributed by atoms with Gasteiger partial charge < -0.3 is 10.2 Å². The minimum atomic E-state index is 0.634. The minimum absolute atomic E-state index is 0.634. The Morgan fingerprint density at radius 1 is 1.15 bits per heavy atom. The van der Waals surface area contributed by atoms with E-state index in [9.17, 15) is 0 Å². The van der Waals surface area contributed by atoms with Gasteiger partial charge in [-0.15, -0.1) is 0 Å². The quantitative estimate of drug-likeness (QED) is 0.570. The van der Waals surface area contributed by atoms with Crippen LogP contribution in [0.25, 0.3) is 27.9 Å². The second-order valence-electron chi connectivity index (χ2n) is 4.93. The molecule has 0 aliphatic heterocycles. The Labute approximate surface area is 115 Å². The zero-order chi connectivity index (χ0) is 13.7. The van der Waals surface area contributed by atoms with E-state index in [1.54, 1.807) is 6.26 Å². The van der Waals surface area contributed by atoms with Crippen LogP contribution in [0.4, 0.5) is 5.82 Å². The number of furan rings is 1. The number of aromatic nitrogens is 2. The van der Waals surface area contributed by atoms with Crippen molar-refractivity contribution in [2.75, 3.05) is 5.73 Å². The van der Waals surface area contributed by atoms with Crippen LogP contribution in [-0.4, -0.2) is 9.38 Å². The Morgan fingerprint density at radius 2 is 2.00 bits per heavy atom. The molecule has 4 aromatic rings. The average molecular weight is 263 g/mol. The third kappa shape index (κ3) is 1.45. The highest BCUT2D eigenvalue weighted by atomic mass is 16.3. The number of rotatable bonds is 1. The van der Waals surface area contributed by atoms with Crippen LogP contribution in [0.3, 0.4) is 0 Å². The maximum Gasteiger partial charge on any atom is 0.139 e. The van der Waals surface area contributed by atoms with Crippen LogP contribution in [0.1, 0.15) is 5.56 Å². The number of hydrogen-bond donors (Lipinski definition) is 1. The molecular weight excluding hydrogens is 250 g/mol. The van der Waals surface area contributed by atoms with Crippen LogP contribution in [0, 0.1) is 6.92 Å². The molecule has 4 nitrogen and oxygen atoms in total. The molecule has 3 heterocycles. The summed E-state index contributed by atoms with van der Waals surface area (Å²) in [5.41, 5.74) is 10.8. The summed E-state index contributed by atoms with van der Waals surface area (Å²) in [5, 5.41) is 1.03. The fourth-order valence-electron chi connectivity index (χ4n) is 2.53. The molecule has 1 aromatic carbocycles. The lowest BCUT2D eigenvalue weighted by atomic mass is 10.1. The molecule has 0 bridgehead atoms. The van der Waals surface area contributed by atoms with Crippen LogP contribution in [0.15, 0.2) is 53.3 Å². The summed E-state index contributed by atoms with van der Waals surface area (Å²) in [6.07, 6.45) is 3.71. The van der Waals surface area contributed by atoms with Crippen molar-refractivity contribution < 1.29 is 4.42 Å². The standard InChI is InChI=1S/C16H13N3O/c1-10-6-7-14-18-15(16(17)19(14)8-10)12-9-20-13-5-3-2-4-11(12)13/h2-9H,17H2,1H3. The number of nitrogens with zero attached hydrogens (tertiary/aromatic N) is 2. The van der Waals surface area contributed by atoms with Crippen LogP contribution in [-0.2, 0) is 0 Å². The zero-order valence-corrected chi connectivity index (χ0v) is 11.0. The van der Waals surface area contributed by atoms with E-state index in [2.05, 4.69) is 4.98 Å². The number of anilines is 1. The molecule has 0 saturated carbocycles. The summed E-state index contributed by atoms with van der Waals surface area (Å²) in [6, 6.07) is 11.9. The maximum atomic E-state index is 6.25. The smallest absolute Gasteiger partial charge is 0.139 e. The molecule has 4 rings (SSSR count). The van der Waals surface area contributed by atoms with Gasteiger partial charge in [0.25, 0.3) is 0 Å². The lowest BCUT2D eigenvalue weighted by Gasteiger charge is -1.98.